The summed E-state index contributed by atoms with van der Waals surface area (Å²) in [6.07, 6.45) is 0.937. The Morgan fingerprint density at radius 2 is 2.33 bits per heavy atom. The average Bonchev–Trinajstić information content (AvgIpc) is 2.04. The minimum absolute atomic E-state index is 0.163. The van der Waals surface area contributed by atoms with Crippen molar-refractivity contribution in [1.82, 2.24) is 0 Å². The normalized spacial score (nSPS) is 21.3. The monoisotopic (exact) mass is 275 g/mol. The number of halogens is 1. The van der Waals surface area contributed by atoms with Gasteiger partial charge in [0.2, 0.25) is 0 Å². The third-order valence-electron chi connectivity index (χ3n) is 1.97. The summed E-state index contributed by atoms with van der Waals surface area (Å²) in [5, 5.41) is 0. The van der Waals surface area contributed by atoms with Crippen molar-refractivity contribution >= 4 is 22.6 Å². The molecule has 3 heteroatoms. The second-order valence-corrected chi connectivity index (χ2v) is 4.17. The van der Waals surface area contributed by atoms with Crippen LogP contribution < -0.4 is 10.5 Å². The molecule has 1 aromatic carbocycles. The van der Waals surface area contributed by atoms with Crippen molar-refractivity contribution < 1.29 is 4.74 Å². The standard InChI is InChI=1S/C9H10INO/c10-8-3-1-2-6-4-7(11)5-12-9(6)8/h1-3,7H,4-5,11H2. The van der Waals surface area contributed by atoms with E-state index in [0.717, 1.165) is 12.2 Å². The Morgan fingerprint density at radius 3 is 3.17 bits per heavy atom. The first-order valence-corrected chi connectivity index (χ1v) is 5.01. The summed E-state index contributed by atoms with van der Waals surface area (Å²) in [5.74, 6) is 1.03. The summed E-state index contributed by atoms with van der Waals surface area (Å²) in [7, 11) is 0. The van der Waals surface area contributed by atoms with E-state index in [2.05, 4.69) is 34.7 Å². The van der Waals surface area contributed by atoms with Crippen LogP contribution >= 0.6 is 22.6 Å². The highest BCUT2D eigenvalue weighted by Crippen LogP contribution is 2.29. The molecule has 0 fully saturated rings. The van der Waals surface area contributed by atoms with Crippen molar-refractivity contribution in [2.75, 3.05) is 6.61 Å². The van der Waals surface area contributed by atoms with Crippen molar-refractivity contribution in [2.45, 2.75) is 12.5 Å². The number of benzene rings is 1. The fourth-order valence-corrected chi connectivity index (χ4v) is 2.12. The lowest BCUT2D eigenvalue weighted by Gasteiger charge is -2.23. The molecular formula is C9H10INO. The van der Waals surface area contributed by atoms with Gasteiger partial charge in [-0.05, 0) is 40.6 Å². The quantitative estimate of drug-likeness (QED) is 0.729. The van der Waals surface area contributed by atoms with E-state index >= 15 is 0 Å². The minimum atomic E-state index is 0.163. The van der Waals surface area contributed by atoms with Crippen molar-refractivity contribution in [2.24, 2.45) is 5.73 Å². The third-order valence-corrected chi connectivity index (χ3v) is 2.82. The van der Waals surface area contributed by atoms with Crippen molar-refractivity contribution in [3.05, 3.63) is 27.3 Å². The molecule has 0 spiro atoms. The van der Waals surface area contributed by atoms with Crippen LogP contribution in [0.15, 0.2) is 18.2 Å². The van der Waals surface area contributed by atoms with Gasteiger partial charge in [0.1, 0.15) is 12.4 Å². The van der Waals surface area contributed by atoms with Crippen LogP contribution in [0.2, 0.25) is 0 Å². The molecule has 0 radical (unpaired) electrons. The molecule has 12 heavy (non-hydrogen) atoms. The van der Waals surface area contributed by atoms with Gasteiger partial charge in [0.15, 0.2) is 0 Å². The first kappa shape index (κ1) is 8.31. The van der Waals surface area contributed by atoms with Gasteiger partial charge in [0, 0.05) is 6.04 Å². The minimum Gasteiger partial charge on any atom is -0.491 e. The lowest BCUT2D eigenvalue weighted by molar-refractivity contribution is 0.261. The van der Waals surface area contributed by atoms with Crippen LogP contribution in [-0.4, -0.2) is 12.6 Å². The number of para-hydroxylation sites is 1. The van der Waals surface area contributed by atoms with Gasteiger partial charge in [0.05, 0.1) is 3.57 Å². The Kier molecular flexibility index (Phi) is 2.23. The van der Waals surface area contributed by atoms with Crippen LogP contribution in [0.4, 0.5) is 0 Å². The van der Waals surface area contributed by atoms with E-state index in [0.29, 0.717) is 6.61 Å². The number of ether oxygens (including phenoxy) is 1. The maximum absolute atomic E-state index is 5.77. The van der Waals surface area contributed by atoms with E-state index in [1.165, 1.54) is 9.13 Å². The zero-order valence-electron chi connectivity index (χ0n) is 6.59. The molecule has 1 unspecified atom stereocenters. The molecule has 0 aromatic heterocycles. The van der Waals surface area contributed by atoms with Gasteiger partial charge in [-0.3, -0.25) is 0 Å². The smallest absolute Gasteiger partial charge is 0.135 e. The van der Waals surface area contributed by atoms with E-state index < -0.39 is 0 Å². The predicted octanol–water partition coefficient (Wildman–Crippen LogP) is 1.55. The van der Waals surface area contributed by atoms with Gasteiger partial charge in [-0.2, -0.15) is 0 Å². The Balaban J connectivity index is 2.42. The van der Waals surface area contributed by atoms with Crippen molar-refractivity contribution in [1.29, 1.82) is 0 Å². The lowest BCUT2D eigenvalue weighted by Crippen LogP contribution is -2.34. The molecular weight excluding hydrogens is 265 g/mol. The van der Waals surface area contributed by atoms with E-state index in [1.54, 1.807) is 0 Å². The SMILES string of the molecule is NC1COc2c(I)cccc2C1. The molecule has 2 rings (SSSR count). The Hall–Kier alpha value is -0.290. The van der Waals surface area contributed by atoms with Gasteiger partial charge >= 0.3 is 0 Å². The molecule has 2 nitrogen and oxygen atoms in total. The van der Waals surface area contributed by atoms with Crippen LogP contribution in [0.25, 0.3) is 0 Å². The molecule has 0 aliphatic carbocycles. The highest BCUT2D eigenvalue weighted by molar-refractivity contribution is 14.1. The number of nitrogens with two attached hydrogens (primary N) is 1. The molecule has 0 saturated heterocycles. The summed E-state index contributed by atoms with van der Waals surface area (Å²) in [6.45, 7) is 0.646. The second kappa shape index (κ2) is 3.22. The lowest BCUT2D eigenvalue weighted by atomic mass is 10.0. The predicted molar refractivity (Wildman–Crippen MR) is 56.3 cm³/mol. The molecule has 1 aromatic rings. The highest BCUT2D eigenvalue weighted by Gasteiger charge is 2.17. The number of rotatable bonds is 0. The summed E-state index contributed by atoms with van der Waals surface area (Å²) in [6, 6.07) is 6.34. The van der Waals surface area contributed by atoms with Crippen LogP contribution in [0.3, 0.4) is 0 Å². The Bertz CT molecular complexity index is 301. The third kappa shape index (κ3) is 1.43. The van der Waals surface area contributed by atoms with Crippen LogP contribution in [0, 0.1) is 3.57 Å². The fourth-order valence-electron chi connectivity index (χ4n) is 1.41. The van der Waals surface area contributed by atoms with Crippen LogP contribution in [0.1, 0.15) is 5.56 Å². The zero-order valence-corrected chi connectivity index (χ0v) is 8.74. The first-order chi connectivity index (χ1) is 5.77. The van der Waals surface area contributed by atoms with Gasteiger partial charge in [-0.25, -0.2) is 0 Å². The first-order valence-electron chi connectivity index (χ1n) is 3.93. The topological polar surface area (TPSA) is 35.2 Å². The second-order valence-electron chi connectivity index (χ2n) is 3.00. The van der Waals surface area contributed by atoms with E-state index in [4.69, 9.17) is 10.5 Å². The Labute approximate surface area is 85.2 Å². The summed E-state index contributed by atoms with van der Waals surface area (Å²) in [4.78, 5) is 0. The molecule has 1 aliphatic heterocycles. The summed E-state index contributed by atoms with van der Waals surface area (Å²) >= 11 is 2.28. The molecule has 1 heterocycles. The molecule has 0 saturated carbocycles. The average molecular weight is 275 g/mol. The van der Waals surface area contributed by atoms with Crippen molar-refractivity contribution in [3.63, 3.8) is 0 Å². The van der Waals surface area contributed by atoms with Gasteiger partial charge in [0.25, 0.3) is 0 Å². The van der Waals surface area contributed by atoms with Gasteiger partial charge in [-0.1, -0.05) is 12.1 Å². The highest BCUT2D eigenvalue weighted by atomic mass is 127. The van der Waals surface area contributed by atoms with Gasteiger partial charge in [-0.15, -0.1) is 0 Å². The number of hydrogen-bond acceptors (Lipinski definition) is 2. The van der Waals surface area contributed by atoms with Crippen LogP contribution in [0.5, 0.6) is 5.75 Å². The summed E-state index contributed by atoms with van der Waals surface area (Å²) in [5.41, 5.74) is 7.01. The van der Waals surface area contributed by atoms with E-state index in [1.807, 2.05) is 6.07 Å². The van der Waals surface area contributed by atoms with E-state index in [9.17, 15) is 0 Å². The maximum atomic E-state index is 5.77. The fraction of sp³-hybridized carbons (Fsp3) is 0.333. The maximum Gasteiger partial charge on any atom is 0.135 e. The molecule has 0 amide bonds. The summed E-state index contributed by atoms with van der Waals surface area (Å²) < 4.78 is 6.71. The van der Waals surface area contributed by atoms with E-state index in [-0.39, 0.29) is 6.04 Å². The van der Waals surface area contributed by atoms with Gasteiger partial charge < -0.3 is 10.5 Å². The zero-order chi connectivity index (χ0) is 8.55. The molecule has 64 valence electrons. The molecule has 2 N–H and O–H groups in total. The molecule has 1 aliphatic rings. The van der Waals surface area contributed by atoms with Crippen LogP contribution in [-0.2, 0) is 6.42 Å². The largest absolute Gasteiger partial charge is 0.491 e. The number of hydrogen-bond donors (Lipinski definition) is 1. The Morgan fingerprint density at radius 1 is 1.50 bits per heavy atom. The van der Waals surface area contributed by atoms with Crippen molar-refractivity contribution in [3.8, 4) is 5.75 Å². The number of fused-ring (bicyclic) bond motifs is 1. The molecule has 0 bridgehead atoms. The molecule has 1 atom stereocenters.